The molecule has 0 aromatic carbocycles. The van der Waals surface area contributed by atoms with Crippen LogP contribution < -0.4 is 0 Å². The number of morpholine rings is 1. The summed E-state index contributed by atoms with van der Waals surface area (Å²) in [5.74, 6) is 0.647. The molecule has 0 amide bonds. The van der Waals surface area contributed by atoms with Gasteiger partial charge in [-0.05, 0) is 20.0 Å². The van der Waals surface area contributed by atoms with Crippen molar-refractivity contribution in [1.29, 1.82) is 5.41 Å². The Bertz CT molecular complexity index is 174. The number of nitrogens with zero attached hydrogens (tertiary/aromatic N) is 1. The molecule has 3 atom stereocenters. The highest BCUT2D eigenvalue weighted by Crippen LogP contribution is 2.12. The lowest BCUT2D eigenvalue weighted by atomic mass is 10.2. The summed E-state index contributed by atoms with van der Waals surface area (Å²) < 4.78 is 5.66. The maximum Gasteiger partial charge on any atom is 0.0927 e. The third kappa shape index (κ3) is 2.43. The van der Waals surface area contributed by atoms with E-state index in [0.717, 1.165) is 19.3 Å². The molecule has 3 unspecified atom stereocenters. The fourth-order valence-electron chi connectivity index (χ4n) is 1.45. The second-order valence-electron chi connectivity index (χ2n) is 3.29. The van der Waals surface area contributed by atoms with Gasteiger partial charge in [0.15, 0.2) is 0 Å². The summed E-state index contributed by atoms with van der Waals surface area (Å²) in [6.45, 7) is 5.61. The van der Waals surface area contributed by atoms with Crippen molar-refractivity contribution in [3.63, 3.8) is 0 Å². The minimum absolute atomic E-state index is 0.254. The highest BCUT2D eigenvalue weighted by atomic mass is 31.0. The second kappa shape index (κ2) is 4.20. The predicted octanol–water partition coefficient (Wildman–Crippen LogP) is 0.948. The van der Waals surface area contributed by atoms with E-state index >= 15 is 0 Å². The average Bonchev–Trinajstić information content (AvgIpc) is 2.03. The van der Waals surface area contributed by atoms with Crippen molar-refractivity contribution in [3.8, 4) is 0 Å². The highest BCUT2D eigenvalue weighted by molar-refractivity contribution is 7.16. The van der Waals surface area contributed by atoms with Gasteiger partial charge < -0.3 is 9.64 Å². The van der Waals surface area contributed by atoms with Crippen LogP contribution in [0.15, 0.2) is 0 Å². The van der Waals surface area contributed by atoms with Crippen LogP contribution in [0.25, 0.3) is 0 Å². The van der Waals surface area contributed by atoms with Gasteiger partial charge in [-0.15, -0.1) is 9.24 Å². The molecule has 0 bridgehead atoms. The van der Waals surface area contributed by atoms with E-state index in [-0.39, 0.29) is 12.2 Å². The maximum absolute atomic E-state index is 7.51. The van der Waals surface area contributed by atoms with Gasteiger partial charge in [0.2, 0.25) is 0 Å². The Morgan fingerprint density at radius 1 is 1.67 bits per heavy atom. The van der Waals surface area contributed by atoms with E-state index in [1.807, 2.05) is 6.92 Å². The van der Waals surface area contributed by atoms with E-state index in [1.54, 1.807) is 0 Å². The minimum atomic E-state index is 0.254. The Morgan fingerprint density at radius 3 is 2.83 bits per heavy atom. The number of amidine groups is 1. The van der Waals surface area contributed by atoms with E-state index in [0.29, 0.717) is 5.84 Å². The molecule has 1 heterocycles. The lowest BCUT2D eigenvalue weighted by Crippen LogP contribution is -2.48. The van der Waals surface area contributed by atoms with E-state index < -0.39 is 0 Å². The van der Waals surface area contributed by atoms with Crippen molar-refractivity contribution in [3.05, 3.63) is 0 Å². The number of ether oxygens (including phenoxy) is 1. The second-order valence-corrected chi connectivity index (χ2v) is 3.77. The molecule has 4 heteroatoms. The monoisotopic (exact) mass is 188 g/mol. The third-order valence-corrected chi connectivity index (χ3v) is 2.59. The first-order valence-corrected chi connectivity index (χ1v) is 5.10. The summed E-state index contributed by atoms with van der Waals surface area (Å²) in [6, 6.07) is 0. The Hall–Kier alpha value is -0.140. The number of rotatable bonds is 1. The van der Waals surface area contributed by atoms with Gasteiger partial charge in [-0.3, -0.25) is 5.41 Å². The predicted molar refractivity (Wildman–Crippen MR) is 53.9 cm³/mol. The number of hydrogen-bond acceptors (Lipinski definition) is 2. The van der Waals surface area contributed by atoms with Crippen LogP contribution in [0.1, 0.15) is 13.8 Å². The van der Waals surface area contributed by atoms with E-state index in [9.17, 15) is 0 Å². The van der Waals surface area contributed by atoms with Crippen molar-refractivity contribution in [2.24, 2.45) is 0 Å². The Balaban J connectivity index is 2.51. The first-order valence-electron chi connectivity index (χ1n) is 4.29. The van der Waals surface area contributed by atoms with Crippen LogP contribution in [0, 0.1) is 5.41 Å². The molecule has 0 saturated carbocycles. The van der Waals surface area contributed by atoms with Gasteiger partial charge in [-0.1, -0.05) is 0 Å². The molecule has 0 radical (unpaired) electrons. The van der Waals surface area contributed by atoms with Crippen LogP contribution in [0.2, 0.25) is 0 Å². The average molecular weight is 188 g/mol. The van der Waals surface area contributed by atoms with Gasteiger partial charge in [0.1, 0.15) is 0 Å². The Labute approximate surface area is 76.2 Å². The van der Waals surface area contributed by atoms with Crippen molar-refractivity contribution >= 4 is 15.1 Å². The van der Waals surface area contributed by atoms with Gasteiger partial charge in [-0.25, -0.2) is 0 Å². The molecule has 12 heavy (non-hydrogen) atoms. The molecule has 0 aliphatic carbocycles. The first kappa shape index (κ1) is 9.94. The molecular formula is C8H17N2OP. The quantitative estimate of drug-likeness (QED) is 0.378. The lowest BCUT2D eigenvalue weighted by molar-refractivity contribution is -0.0461. The third-order valence-electron chi connectivity index (χ3n) is 2.06. The van der Waals surface area contributed by atoms with Crippen LogP contribution in [-0.2, 0) is 4.74 Å². The van der Waals surface area contributed by atoms with Crippen molar-refractivity contribution in [2.45, 2.75) is 26.1 Å². The molecular weight excluding hydrogens is 171 g/mol. The summed E-state index contributed by atoms with van der Waals surface area (Å²) in [6.07, 6.45) is 1.48. The SMILES string of the molecule is CC(=N)N1CC(C)OC(CP)C1. The summed E-state index contributed by atoms with van der Waals surface area (Å²) in [5.41, 5.74) is 0. The molecule has 0 aromatic heterocycles. The molecule has 1 rings (SSSR count). The van der Waals surface area contributed by atoms with Gasteiger partial charge in [0.05, 0.1) is 18.0 Å². The molecule has 0 spiro atoms. The smallest absolute Gasteiger partial charge is 0.0927 e. The van der Waals surface area contributed by atoms with E-state index in [2.05, 4.69) is 21.1 Å². The Kier molecular flexibility index (Phi) is 3.48. The molecule has 1 aliphatic heterocycles. The minimum Gasteiger partial charge on any atom is -0.371 e. The molecule has 1 N–H and O–H groups in total. The van der Waals surface area contributed by atoms with Crippen molar-refractivity contribution in [1.82, 2.24) is 4.90 Å². The van der Waals surface area contributed by atoms with E-state index in [4.69, 9.17) is 10.1 Å². The molecule has 70 valence electrons. The molecule has 1 aliphatic rings. The highest BCUT2D eigenvalue weighted by Gasteiger charge is 2.23. The largest absolute Gasteiger partial charge is 0.371 e. The fraction of sp³-hybridized carbons (Fsp3) is 0.875. The zero-order valence-electron chi connectivity index (χ0n) is 7.71. The number of nitrogens with one attached hydrogen (secondary N) is 1. The van der Waals surface area contributed by atoms with Crippen LogP contribution >= 0.6 is 9.24 Å². The molecule has 1 fully saturated rings. The zero-order valence-corrected chi connectivity index (χ0v) is 8.86. The van der Waals surface area contributed by atoms with Gasteiger partial charge >= 0.3 is 0 Å². The Morgan fingerprint density at radius 2 is 2.33 bits per heavy atom. The standard InChI is InChI=1S/C8H17N2OP/c1-6-3-10(7(2)9)4-8(5-12)11-6/h6,8-9H,3-5,12H2,1-2H3. The first-order chi connectivity index (χ1) is 5.63. The zero-order chi connectivity index (χ0) is 9.14. The van der Waals surface area contributed by atoms with Gasteiger partial charge in [0.25, 0.3) is 0 Å². The van der Waals surface area contributed by atoms with Crippen molar-refractivity contribution < 1.29 is 4.74 Å². The molecule has 1 saturated heterocycles. The van der Waals surface area contributed by atoms with E-state index in [1.165, 1.54) is 0 Å². The summed E-state index contributed by atoms with van der Waals surface area (Å²) >= 11 is 0. The van der Waals surface area contributed by atoms with Gasteiger partial charge in [-0.2, -0.15) is 0 Å². The van der Waals surface area contributed by atoms with Crippen LogP contribution in [0.4, 0.5) is 0 Å². The van der Waals surface area contributed by atoms with Crippen molar-refractivity contribution in [2.75, 3.05) is 19.3 Å². The topological polar surface area (TPSA) is 36.3 Å². The van der Waals surface area contributed by atoms with Crippen LogP contribution in [0.5, 0.6) is 0 Å². The van der Waals surface area contributed by atoms with Crippen LogP contribution in [0.3, 0.4) is 0 Å². The molecule has 3 nitrogen and oxygen atoms in total. The lowest BCUT2D eigenvalue weighted by Gasteiger charge is -2.37. The fourth-order valence-corrected chi connectivity index (χ4v) is 1.71. The van der Waals surface area contributed by atoms with Gasteiger partial charge in [0, 0.05) is 13.1 Å². The summed E-state index contributed by atoms with van der Waals surface area (Å²) in [7, 11) is 2.69. The summed E-state index contributed by atoms with van der Waals surface area (Å²) in [4.78, 5) is 2.07. The maximum atomic E-state index is 7.51. The van der Waals surface area contributed by atoms with Crippen LogP contribution in [-0.4, -0.2) is 42.2 Å². The summed E-state index contributed by atoms with van der Waals surface area (Å²) in [5, 5.41) is 7.51. The number of hydrogen-bond donors (Lipinski definition) is 1. The molecule has 0 aromatic rings. The normalized spacial score (nSPS) is 30.4.